The van der Waals surface area contributed by atoms with Crippen molar-refractivity contribution in [1.82, 2.24) is 0 Å². The second-order valence-corrected chi connectivity index (χ2v) is 4.83. The van der Waals surface area contributed by atoms with Gasteiger partial charge >= 0.3 is 0 Å². The van der Waals surface area contributed by atoms with E-state index in [1.54, 1.807) is 0 Å². The molecule has 0 aliphatic carbocycles. The summed E-state index contributed by atoms with van der Waals surface area (Å²) in [6.45, 7) is 2.24. The molecule has 0 atom stereocenters. The van der Waals surface area contributed by atoms with Crippen LogP contribution in [0, 0.1) is 0 Å². The van der Waals surface area contributed by atoms with Crippen molar-refractivity contribution in [2.24, 2.45) is 0 Å². The van der Waals surface area contributed by atoms with E-state index >= 15 is 0 Å². The fraction of sp³-hybridized carbons (Fsp3) is 0.333. The van der Waals surface area contributed by atoms with Gasteiger partial charge < -0.3 is 4.74 Å². The Bertz CT molecular complexity index is 476. The van der Waals surface area contributed by atoms with Crippen LogP contribution in [0.1, 0.15) is 38.2 Å². The molecule has 0 N–H and O–H groups in total. The Morgan fingerprint density at radius 1 is 0.789 bits per heavy atom. The summed E-state index contributed by atoms with van der Waals surface area (Å²) in [5.41, 5.74) is 1.31. The van der Waals surface area contributed by atoms with Crippen molar-refractivity contribution in [3.8, 4) is 11.5 Å². The maximum Gasteiger partial charge on any atom is 0.130 e. The van der Waals surface area contributed by atoms with Crippen LogP contribution in [0.5, 0.6) is 11.5 Å². The van der Waals surface area contributed by atoms with E-state index < -0.39 is 0 Å². The molecule has 0 heterocycles. The Morgan fingerprint density at radius 2 is 1.53 bits per heavy atom. The third kappa shape index (κ3) is 4.44. The molecule has 2 rings (SSSR count). The van der Waals surface area contributed by atoms with E-state index in [1.807, 2.05) is 36.4 Å². The van der Waals surface area contributed by atoms with Gasteiger partial charge in [-0.1, -0.05) is 62.6 Å². The molecule has 0 unspecified atom stereocenters. The first-order chi connectivity index (χ1) is 9.40. The molecular formula is C18H22O. The van der Waals surface area contributed by atoms with Crippen LogP contribution in [0.25, 0.3) is 0 Å². The highest BCUT2D eigenvalue weighted by molar-refractivity contribution is 5.37. The van der Waals surface area contributed by atoms with Crippen molar-refractivity contribution in [2.45, 2.75) is 39.0 Å². The van der Waals surface area contributed by atoms with E-state index in [0.717, 1.165) is 17.9 Å². The zero-order valence-corrected chi connectivity index (χ0v) is 11.6. The topological polar surface area (TPSA) is 9.23 Å². The second kappa shape index (κ2) is 7.63. The molecule has 19 heavy (non-hydrogen) atoms. The molecular weight excluding hydrogens is 232 g/mol. The zero-order valence-electron chi connectivity index (χ0n) is 11.6. The SMILES string of the molecule is CCCCCCc1ccccc1Oc1ccccc1. The predicted molar refractivity (Wildman–Crippen MR) is 80.8 cm³/mol. The molecule has 2 aromatic rings. The monoisotopic (exact) mass is 254 g/mol. The number of aryl methyl sites for hydroxylation is 1. The molecule has 0 spiro atoms. The van der Waals surface area contributed by atoms with Crippen LogP contribution in [-0.4, -0.2) is 0 Å². The third-order valence-corrected chi connectivity index (χ3v) is 3.24. The van der Waals surface area contributed by atoms with E-state index in [1.165, 1.54) is 31.2 Å². The van der Waals surface area contributed by atoms with Crippen LogP contribution in [0.3, 0.4) is 0 Å². The van der Waals surface area contributed by atoms with Crippen LogP contribution >= 0.6 is 0 Å². The first-order valence-corrected chi connectivity index (χ1v) is 7.21. The van der Waals surface area contributed by atoms with Crippen LogP contribution in [0.4, 0.5) is 0 Å². The predicted octanol–water partition coefficient (Wildman–Crippen LogP) is 5.60. The van der Waals surface area contributed by atoms with Gasteiger partial charge in [-0.3, -0.25) is 0 Å². The lowest BCUT2D eigenvalue weighted by Gasteiger charge is -2.11. The van der Waals surface area contributed by atoms with Crippen LogP contribution in [-0.2, 0) is 6.42 Å². The molecule has 0 fully saturated rings. The van der Waals surface area contributed by atoms with Crippen molar-refractivity contribution in [2.75, 3.05) is 0 Å². The molecule has 0 bridgehead atoms. The van der Waals surface area contributed by atoms with Gasteiger partial charge in [0.05, 0.1) is 0 Å². The number of rotatable bonds is 7. The summed E-state index contributed by atoms with van der Waals surface area (Å²) >= 11 is 0. The van der Waals surface area contributed by atoms with Gasteiger partial charge in [-0.25, -0.2) is 0 Å². The lowest BCUT2D eigenvalue weighted by atomic mass is 10.1. The Hall–Kier alpha value is -1.76. The maximum atomic E-state index is 5.97. The summed E-state index contributed by atoms with van der Waals surface area (Å²) in [6.07, 6.45) is 6.24. The standard InChI is InChI=1S/C18H22O/c1-2-3-4-6-11-16-12-9-10-15-18(16)19-17-13-7-5-8-14-17/h5,7-10,12-15H,2-4,6,11H2,1H3. The Balaban J connectivity index is 2.00. The van der Waals surface area contributed by atoms with E-state index in [2.05, 4.69) is 25.1 Å². The highest BCUT2D eigenvalue weighted by atomic mass is 16.5. The lowest BCUT2D eigenvalue weighted by Crippen LogP contribution is -1.92. The highest BCUT2D eigenvalue weighted by Gasteiger charge is 2.03. The Kier molecular flexibility index (Phi) is 5.49. The average Bonchev–Trinajstić information content (AvgIpc) is 2.46. The van der Waals surface area contributed by atoms with Crippen molar-refractivity contribution in [3.63, 3.8) is 0 Å². The fourth-order valence-corrected chi connectivity index (χ4v) is 2.17. The summed E-state index contributed by atoms with van der Waals surface area (Å²) in [6, 6.07) is 18.3. The van der Waals surface area contributed by atoms with E-state index in [-0.39, 0.29) is 0 Å². The van der Waals surface area contributed by atoms with E-state index in [0.29, 0.717) is 0 Å². The summed E-state index contributed by atoms with van der Waals surface area (Å²) in [5.74, 6) is 1.90. The Morgan fingerprint density at radius 3 is 2.32 bits per heavy atom. The number of hydrogen-bond acceptors (Lipinski definition) is 1. The third-order valence-electron chi connectivity index (χ3n) is 3.24. The molecule has 0 aliphatic rings. The van der Waals surface area contributed by atoms with E-state index in [9.17, 15) is 0 Å². The van der Waals surface area contributed by atoms with Gasteiger partial charge in [0.1, 0.15) is 11.5 Å². The normalized spacial score (nSPS) is 10.4. The minimum atomic E-state index is 0.906. The van der Waals surface area contributed by atoms with Crippen LogP contribution in [0.15, 0.2) is 54.6 Å². The second-order valence-electron chi connectivity index (χ2n) is 4.83. The summed E-state index contributed by atoms with van der Waals surface area (Å²) in [4.78, 5) is 0. The first-order valence-electron chi connectivity index (χ1n) is 7.21. The molecule has 1 heteroatoms. The van der Waals surface area contributed by atoms with Gasteiger partial charge in [0, 0.05) is 0 Å². The quantitative estimate of drug-likeness (QED) is 0.584. The van der Waals surface area contributed by atoms with Crippen molar-refractivity contribution < 1.29 is 4.74 Å². The average molecular weight is 254 g/mol. The number of para-hydroxylation sites is 2. The minimum Gasteiger partial charge on any atom is -0.457 e. The van der Waals surface area contributed by atoms with Gasteiger partial charge in [-0.05, 0) is 36.6 Å². The van der Waals surface area contributed by atoms with Crippen molar-refractivity contribution >= 4 is 0 Å². The van der Waals surface area contributed by atoms with Gasteiger partial charge in [0.15, 0.2) is 0 Å². The molecule has 1 nitrogen and oxygen atoms in total. The van der Waals surface area contributed by atoms with Crippen molar-refractivity contribution in [3.05, 3.63) is 60.2 Å². The smallest absolute Gasteiger partial charge is 0.130 e. The largest absolute Gasteiger partial charge is 0.457 e. The summed E-state index contributed by atoms with van der Waals surface area (Å²) in [7, 11) is 0. The van der Waals surface area contributed by atoms with Gasteiger partial charge in [-0.2, -0.15) is 0 Å². The molecule has 2 aromatic carbocycles. The number of hydrogen-bond donors (Lipinski definition) is 0. The molecule has 0 radical (unpaired) electrons. The molecule has 0 saturated heterocycles. The number of benzene rings is 2. The van der Waals surface area contributed by atoms with Gasteiger partial charge in [0.2, 0.25) is 0 Å². The Labute approximate surface area is 116 Å². The number of ether oxygens (including phenoxy) is 1. The molecule has 100 valence electrons. The minimum absolute atomic E-state index is 0.906. The summed E-state index contributed by atoms with van der Waals surface area (Å²) < 4.78 is 5.97. The molecule has 0 aliphatic heterocycles. The first kappa shape index (κ1) is 13.7. The van der Waals surface area contributed by atoms with E-state index in [4.69, 9.17) is 4.74 Å². The van der Waals surface area contributed by atoms with Crippen molar-refractivity contribution in [1.29, 1.82) is 0 Å². The van der Waals surface area contributed by atoms with Gasteiger partial charge in [-0.15, -0.1) is 0 Å². The highest BCUT2D eigenvalue weighted by Crippen LogP contribution is 2.26. The van der Waals surface area contributed by atoms with Crippen LogP contribution in [0.2, 0.25) is 0 Å². The molecule has 0 aromatic heterocycles. The van der Waals surface area contributed by atoms with Crippen LogP contribution < -0.4 is 4.74 Å². The molecule has 0 amide bonds. The zero-order chi connectivity index (χ0) is 13.3. The van der Waals surface area contributed by atoms with Gasteiger partial charge in [0.25, 0.3) is 0 Å². The fourth-order valence-electron chi connectivity index (χ4n) is 2.17. The lowest BCUT2D eigenvalue weighted by molar-refractivity contribution is 0.474. The number of unbranched alkanes of at least 4 members (excludes halogenated alkanes) is 3. The summed E-state index contributed by atoms with van der Waals surface area (Å²) in [5, 5.41) is 0. The molecule has 0 saturated carbocycles. The maximum absolute atomic E-state index is 5.97.